The molecule has 5 rings (SSSR count). The van der Waals surface area contributed by atoms with Gasteiger partial charge in [0.25, 0.3) is 5.69 Å². The lowest BCUT2D eigenvalue weighted by atomic mass is 9.72. The number of cyclic esters (lactones) is 1. The number of amides is 1. The lowest BCUT2D eigenvalue weighted by molar-refractivity contribution is -0.384. The number of hydrogen-bond donors (Lipinski definition) is 1. The summed E-state index contributed by atoms with van der Waals surface area (Å²) in [5.41, 5.74) is -1.87. The second kappa shape index (κ2) is 13.0. The Morgan fingerprint density at radius 3 is 2.22 bits per heavy atom. The lowest BCUT2D eigenvalue weighted by Crippen LogP contribution is -2.35. The average molecular weight is 707 g/mol. The number of carboxylic acids is 1. The summed E-state index contributed by atoms with van der Waals surface area (Å²) in [4.78, 5) is 37.3. The maximum Gasteiger partial charge on any atom is 0.416 e. The van der Waals surface area contributed by atoms with Crippen molar-refractivity contribution in [2.24, 2.45) is 5.41 Å². The van der Waals surface area contributed by atoms with E-state index in [1.54, 1.807) is 18.2 Å². The van der Waals surface area contributed by atoms with Crippen LogP contribution in [0, 0.1) is 15.5 Å². The van der Waals surface area contributed by atoms with Gasteiger partial charge >= 0.3 is 24.4 Å². The molecule has 1 heterocycles. The number of nitrogens with zero attached hydrogens (tertiary/aromatic N) is 2. The molecule has 1 fully saturated rings. The van der Waals surface area contributed by atoms with E-state index in [0.717, 1.165) is 17.2 Å². The van der Waals surface area contributed by atoms with Gasteiger partial charge in [-0.1, -0.05) is 19.9 Å². The smallest absolute Gasteiger partial charge is 0.416 e. The molecule has 3 aromatic carbocycles. The number of nitro groups is 1. The van der Waals surface area contributed by atoms with Crippen LogP contribution >= 0.6 is 0 Å². The fourth-order valence-corrected chi connectivity index (χ4v) is 6.57. The molecule has 2 aliphatic rings. The number of ether oxygens (including phenoxy) is 2. The minimum absolute atomic E-state index is 0.0144. The van der Waals surface area contributed by atoms with Gasteiger partial charge in [-0.05, 0) is 96.3 Å². The molecular weight excluding hydrogens is 674 g/mol. The Kier molecular flexibility index (Phi) is 9.41. The minimum Gasteiger partial charge on any atom is -0.496 e. The van der Waals surface area contributed by atoms with Crippen LogP contribution in [0.2, 0.25) is 0 Å². The fraction of sp³-hybridized carbons (Fsp3) is 0.371. The molecular formula is C35H32F6N2O7. The van der Waals surface area contributed by atoms with Gasteiger partial charge in [-0.25, -0.2) is 9.59 Å². The normalized spacial score (nSPS) is 19.4. The van der Waals surface area contributed by atoms with E-state index in [9.17, 15) is 51.2 Å². The summed E-state index contributed by atoms with van der Waals surface area (Å²) >= 11 is 0. The number of nitro benzene ring substituents is 1. The second-order valence-electron chi connectivity index (χ2n) is 13.1. The van der Waals surface area contributed by atoms with E-state index in [1.807, 2.05) is 13.8 Å². The van der Waals surface area contributed by atoms with E-state index in [-0.39, 0.29) is 29.2 Å². The van der Waals surface area contributed by atoms with Crippen LogP contribution < -0.4 is 4.74 Å². The van der Waals surface area contributed by atoms with Crippen molar-refractivity contribution < 1.29 is 55.4 Å². The lowest BCUT2D eigenvalue weighted by Gasteiger charge is -2.36. The molecule has 1 amide bonds. The molecule has 0 unspecified atom stereocenters. The number of carboxylic acid groups (broad SMARTS) is 1. The predicted octanol–water partition coefficient (Wildman–Crippen LogP) is 9.55. The Morgan fingerprint density at radius 2 is 1.66 bits per heavy atom. The van der Waals surface area contributed by atoms with E-state index in [1.165, 1.54) is 31.1 Å². The number of allylic oxidation sites excluding steroid dienone is 1. The number of rotatable bonds is 8. The first-order valence-corrected chi connectivity index (χ1v) is 15.4. The van der Waals surface area contributed by atoms with Gasteiger partial charge in [0.15, 0.2) is 0 Å². The molecule has 9 nitrogen and oxygen atoms in total. The van der Waals surface area contributed by atoms with E-state index in [2.05, 4.69) is 0 Å². The Labute approximate surface area is 282 Å². The number of carbonyl (C=O) groups excluding carboxylic acids is 1. The molecule has 0 bridgehead atoms. The molecule has 0 spiro atoms. The zero-order valence-corrected chi connectivity index (χ0v) is 27.2. The van der Waals surface area contributed by atoms with Gasteiger partial charge in [0, 0.05) is 18.2 Å². The zero-order chi connectivity index (χ0) is 36.9. The molecule has 266 valence electrons. The molecule has 0 radical (unpaired) electrons. The molecule has 0 saturated carbocycles. The second-order valence-corrected chi connectivity index (χ2v) is 13.1. The monoisotopic (exact) mass is 706 g/mol. The van der Waals surface area contributed by atoms with E-state index >= 15 is 0 Å². The number of benzene rings is 3. The summed E-state index contributed by atoms with van der Waals surface area (Å²) in [6, 6.07) is 8.59. The standard InChI is InChI=1S/C35H32F6N2O7/c1-18-30(21-11-23(34(36,37)38)15-24(12-21)35(39,40)41)50-32(46)42(18)17-22-16-33(2,3)10-9-25(22)27-13-19(6-8-29(27)49-4)26-7-5-20(31(44)45)14-28(26)43(47)48/h5-8,11-15,18,30H,9-10,16-17H2,1-4H3,(H,44,45)/t18-,30-/m0/s1. The van der Waals surface area contributed by atoms with Crippen molar-refractivity contribution in [2.75, 3.05) is 13.7 Å². The van der Waals surface area contributed by atoms with Crippen molar-refractivity contribution in [3.8, 4) is 16.9 Å². The van der Waals surface area contributed by atoms with E-state index in [0.29, 0.717) is 48.3 Å². The number of hydrogen-bond acceptors (Lipinski definition) is 6. The molecule has 2 atom stereocenters. The summed E-state index contributed by atoms with van der Waals surface area (Å²) in [6.07, 6.45) is -10.9. The highest BCUT2D eigenvalue weighted by Crippen LogP contribution is 2.47. The van der Waals surface area contributed by atoms with Crippen LogP contribution in [0.15, 0.2) is 60.2 Å². The first-order valence-electron chi connectivity index (χ1n) is 15.4. The van der Waals surface area contributed by atoms with E-state index in [4.69, 9.17) is 9.47 Å². The van der Waals surface area contributed by atoms with Crippen molar-refractivity contribution in [3.05, 3.63) is 98.1 Å². The van der Waals surface area contributed by atoms with Gasteiger partial charge in [-0.3, -0.25) is 15.0 Å². The third-order valence-corrected chi connectivity index (χ3v) is 9.14. The average Bonchev–Trinajstić information content (AvgIpc) is 3.31. The fourth-order valence-electron chi connectivity index (χ4n) is 6.57. The van der Waals surface area contributed by atoms with E-state index < -0.39 is 63.9 Å². The number of carbonyl (C=O) groups is 2. The summed E-state index contributed by atoms with van der Waals surface area (Å²) in [6.45, 7) is 5.45. The summed E-state index contributed by atoms with van der Waals surface area (Å²) in [7, 11) is 1.43. The quantitative estimate of drug-likeness (QED) is 0.141. The Hall–Kier alpha value is -5.08. The van der Waals surface area contributed by atoms with Crippen LogP contribution in [0.1, 0.15) is 78.7 Å². The SMILES string of the molecule is COc1ccc(-c2ccc(C(=O)O)cc2[N+](=O)[O-])cc1C1=C(CN2C(=O)O[C@H](c3cc(C(F)(F)F)cc(C(F)(F)F)c3)[C@@H]2C)CC(C)(C)CC1. The molecule has 15 heteroatoms. The molecule has 3 aromatic rings. The van der Waals surface area contributed by atoms with Crippen molar-refractivity contribution in [1.82, 2.24) is 4.90 Å². The van der Waals surface area contributed by atoms with Gasteiger partial charge in [-0.15, -0.1) is 0 Å². The summed E-state index contributed by atoms with van der Waals surface area (Å²) in [5, 5.41) is 21.3. The van der Waals surface area contributed by atoms with Crippen LogP contribution in [0.4, 0.5) is 36.8 Å². The van der Waals surface area contributed by atoms with Gasteiger partial charge < -0.3 is 14.6 Å². The van der Waals surface area contributed by atoms with Crippen molar-refractivity contribution >= 4 is 23.3 Å². The Morgan fingerprint density at radius 1 is 1.02 bits per heavy atom. The largest absolute Gasteiger partial charge is 0.496 e. The van der Waals surface area contributed by atoms with Crippen LogP contribution in [0.5, 0.6) is 5.75 Å². The highest BCUT2D eigenvalue weighted by molar-refractivity contribution is 5.91. The first kappa shape index (κ1) is 36.2. The number of alkyl halides is 6. The third-order valence-electron chi connectivity index (χ3n) is 9.14. The number of methoxy groups -OCH3 is 1. The molecule has 50 heavy (non-hydrogen) atoms. The minimum atomic E-state index is -5.08. The maximum atomic E-state index is 13.6. The first-order chi connectivity index (χ1) is 23.2. The molecule has 0 aromatic heterocycles. The molecule has 1 aliphatic heterocycles. The third kappa shape index (κ3) is 7.26. The predicted molar refractivity (Wildman–Crippen MR) is 168 cm³/mol. The molecule has 1 N–H and O–H groups in total. The van der Waals surface area contributed by atoms with Crippen LogP contribution in [0.25, 0.3) is 16.7 Å². The molecule has 1 saturated heterocycles. The van der Waals surface area contributed by atoms with Crippen LogP contribution in [0.3, 0.4) is 0 Å². The van der Waals surface area contributed by atoms with Gasteiger partial charge in [0.05, 0.1) is 40.3 Å². The van der Waals surface area contributed by atoms with Gasteiger partial charge in [0.2, 0.25) is 0 Å². The Bertz CT molecular complexity index is 1870. The van der Waals surface area contributed by atoms with Crippen molar-refractivity contribution in [3.63, 3.8) is 0 Å². The highest BCUT2D eigenvalue weighted by Gasteiger charge is 2.44. The Balaban J connectivity index is 1.57. The van der Waals surface area contributed by atoms with Gasteiger partial charge in [-0.2, -0.15) is 26.3 Å². The summed E-state index contributed by atoms with van der Waals surface area (Å²) in [5.74, 6) is -0.926. The van der Waals surface area contributed by atoms with Crippen LogP contribution in [-0.4, -0.2) is 46.7 Å². The number of halogens is 6. The van der Waals surface area contributed by atoms with Crippen LogP contribution in [-0.2, 0) is 17.1 Å². The molecule has 1 aliphatic carbocycles. The van der Waals surface area contributed by atoms with Crippen molar-refractivity contribution in [1.29, 1.82) is 0 Å². The number of aromatic carboxylic acids is 1. The zero-order valence-electron chi connectivity index (χ0n) is 27.2. The topological polar surface area (TPSA) is 119 Å². The van der Waals surface area contributed by atoms with Crippen molar-refractivity contribution in [2.45, 2.75) is 64.5 Å². The summed E-state index contributed by atoms with van der Waals surface area (Å²) < 4.78 is 92.7. The maximum absolute atomic E-state index is 13.6. The highest BCUT2D eigenvalue weighted by atomic mass is 19.4. The van der Waals surface area contributed by atoms with Gasteiger partial charge in [0.1, 0.15) is 11.9 Å².